The number of nitrogens with zero attached hydrogens (tertiary/aromatic N) is 3. The summed E-state index contributed by atoms with van der Waals surface area (Å²) in [6, 6.07) is 0. The predicted octanol–water partition coefficient (Wildman–Crippen LogP) is 1.66. The van der Waals surface area contributed by atoms with Crippen LogP contribution in [0.4, 0.5) is 5.95 Å². The highest BCUT2D eigenvalue weighted by Crippen LogP contribution is 2.15. The maximum Gasteiger partial charge on any atom is 0.202 e. The van der Waals surface area contributed by atoms with Crippen LogP contribution in [0.3, 0.4) is 0 Å². The molecule has 1 saturated heterocycles. The molecule has 4 heteroatoms. The molecule has 4 nitrogen and oxygen atoms in total. The Morgan fingerprint density at radius 1 is 1.56 bits per heavy atom. The average molecular weight is 222 g/mol. The van der Waals surface area contributed by atoms with Gasteiger partial charge in [0, 0.05) is 32.0 Å². The third-order valence-corrected chi connectivity index (χ3v) is 3.22. The van der Waals surface area contributed by atoms with Gasteiger partial charge in [-0.2, -0.15) is 0 Å². The van der Waals surface area contributed by atoms with Gasteiger partial charge in [-0.25, -0.2) is 4.98 Å². The number of aryl methyl sites for hydroxylation is 1. The van der Waals surface area contributed by atoms with Crippen molar-refractivity contribution in [3.63, 3.8) is 0 Å². The molecule has 0 aromatic carbocycles. The molecule has 0 radical (unpaired) electrons. The molecule has 1 aliphatic rings. The van der Waals surface area contributed by atoms with Crippen LogP contribution in [0.15, 0.2) is 12.4 Å². The highest BCUT2D eigenvalue weighted by molar-refractivity contribution is 5.25. The number of rotatable bonds is 5. The monoisotopic (exact) mass is 222 g/mol. The third-order valence-electron chi connectivity index (χ3n) is 3.22. The Morgan fingerprint density at radius 2 is 2.44 bits per heavy atom. The lowest BCUT2D eigenvalue weighted by molar-refractivity contribution is 0.399. The molecule has 16 heavy (non-hydrogen) atoms. The molecular formula is C12H22N4. The Balaban J connectivity index is 1.82. The molecule has 0 aliphatic carbocycles. The molecule has 0 spiro atoms. The topological polar surface area (TPSA) is 33.1 Å². The molecule has 1 fully saturated rings. The summed E-state index contributed by atoms with van der Waals surface area (Å²) < 4.78 is 2.19. The van der Waals surface area contributed by atoms with Gasteiger partial charge in [-0.15, -0.1) is 0 Å². The van der Waals surface area contributed by atoms with Crippen LogP contribution in [0.5, 0.6) is 0 Å². The van der Waals surface area contributed by atoms with E-state index in [4.69, 9.17) is 0 Å². The minimum Gasteiger partial charge on any atom is -0.355 e. The maximum atomic E-state index is 4.35. The van der Waals surface area contributed by atoms with Gasteiger partial charge in [-0.1, -0.05) is 6.92 Å². The molecule has 1 N–H and O–H groups in total. The third kappa shape index (κ3) is 2.76. The van der Waals surface area contributed by atoms with E-state index in [1.807, 2.05) is 12.4 Å². The molecule has 1 aromatic rings. The zero-order valence-electron chi connectivity index (χ0n) is 10.3. The number of anilines is 1. The van der Waals surface area contributed by atoms with Crippen LogP contribution in [-0.2, 0) is 6.54 Å². The second-order valence-electron chi connectivity index (χ2n) is 4.74. The average Bonchev–Trinajstić information content (AvgIpc) is 2.85. The van der Waals surface area contributed by atoms with E-state index in [0.29, 0.717) is 0 Å². The largest absolute Gasteiger partial charge is 0.355 e. The van der Waals surface area contributed by atoms with E-state index in [1.165, 1.54) is 19.5 Å². The molecular weight excluding hydrogens is 200 g/mol. The lowest BCUT2D eigenvalue weighted by Gasteiger charge is -2.13. The van der Waals surface area contributed by atoms with E-state index in [9.17, 15) is 0 Å². The van der Waals surface area contributed by atoms with Crippen molar-refractivity contribution in [2.24, 2.45) is 5.92 Å². The molecule has 2 rings (SSSR count). The molecule has 1 unspecified atom stereocenters. The van der Waals surface area contributed by atoms with E-state index in [1.54, 1.807) is 0 Å². The van der Waals surface area contributed by atoms with Gasteiger partial charge in [0.05, 0.1) is 0 Å². The zero-order chi connectivity index (χ0) is 11.4. The number of hydrogen-bond donors (Lipinski definition) is 1. The van der Waals surface area contributed by atoms with Gasteiger partial charge in [0.2, 0.25) is 5.95 Å². The van der Waals surface area contributed by atoms with Gasteiger partial charge in [-0.05, 0) is 32.4 Å². The fraction of sp³-hybridized carbons (Fsp3) is 0.750. The SMILES string of the molecule is CCCn1ccnc1NCC1CCN(C)C1. The number of imidazole rings is 1. The normalized spacial score (nSPS) is 21.5. The smallest absolute Gasteiger partial charge is 0.202 e. The minimum atomic E-state index is 0.775. The van der Waals surface area contributed by atoms with Crippen molar-refractivity contribution in [3.05, 3.63) is 12.4 Å². The van der Waals surface area contributed by atoms with Crippen LogP contribution in [0, 0.1) is 5.92 Å². The second-order valence-corrected chi connectivity index (χ2v) is 4.74. The molecule has 1 aromatic heterocycles. The van der Waals surface area contributed by atoms with Crippen LogP contribution in [0.1, 0.15) is 19.8 Å². The molecule has 0 bridgehead atoms. The first-order valence-electron chi connectivity index (χ1n) is 6.23. The van der Waals surface area contributed by atoms with Crippen molar-refractivity contribution in [2.75, 3.05) is 32.0 Å². The molecule has 1 aliphatic heterocycles. The first kappa shape index (κ1) is 11.5. The fourth-order valence-corrected chi connectivity index (χ4v) is 2.33. The van der Waals surface area contributed by atoms with Crippen molar-refractivity contribution >= 4 is 5.95 Å². The van der Waals surface area contributed by atoms with Gasteiger partial charge >= 0.3 is 0 Å². The quantitative estimate of drug-likeness (QED) is 0.822. The van der Waals surface area contributed by atoms with Gasteiger partial charge in [0.1, 0.15) is 0 Å². The predicted molar refractivity (Wildman–Crippen MR) is 66.6 cm³/mol. The molecule has 90 valence electrons. The number of aromatic nitrogens is 2. The summed E-state index contributed by atoms with van der Waals surface area (Å²) in [7, 11) is 2.19. The van der Waals surface area contributed by atoms with E-state index in [2.05, 4.69) is 33.7 Å². The molecule has 0 saturated carbocycles. The summed E-state index contributed by atoms with van der Waals surface area (Å²) in [5.41, 5.74) is 0. The molecule has 1 atom stereocenters. The zero-order valence-corrected chi connectivity index (χ0v) is 10.3. The van der Waals surface area contributed by atoms with Gasteiger partial charge in [-0.3, -0.25) is 0 Å². The van der Waals surface area contributed by atoms with E-state index >= 15 is 0 Å². The second kappa shape index (κ2) is 5.34. The summed E-state index contributed by atoms with van der Waals surface area (Å²) in [5, 5.41) is 3.47. The molecule has 2 heterocycles. The lowest BCUT2D eigenvalue weighted by Crippen LogP contribution is -2.20. The Kier molecular flexibility index (Phi) is 3.83. The molecule has 0 amide bonds. The van der Waals surface area contributed by atoms with Gasteiger partial charge < -0.3 is 14.8 Å². The van der Waals surface area contributed by atoms with Crippen LogP contribution >= 0.6 is 0 Å². The first-order chi connectivity index (χ1) is 7.79. The standard InChI is InChI=1S/C12H22N4/c1-3-6-16-8-5-13-12(16)14-9-11-4-7-15(2)10-11/h5,8,11H,3-4,6-7,9-10H2,1-2H3,(H,13,14). The Bertz CT molecular complexity index is 321. The minimum absolute atomic E-state index is 0.775. The highest BCUT2D eigenvalue weighted by atomic mass is 15.2. The first-order valence-corrected chi connectivity index (χ1v) is 6.23. The number of nitrogens with one attached hydrogen (secondary N) is 1. The van der Waals surface area contributed by atoms with Crippen LogP contribution in [-0.4, -0.2) is 41.1 Å². The number of hydrogen-bond acceptors (Lipinski definition) is 3. The van der Waals surface area contributed by atoms with Crippen LogP contribution in [0.2, 0.25) is 0 Å². The maximum absolute atomic E-state index is 4.35. The van der Waals surface area contributed by atoms with Crippen molar-refractivity contribution in [3.8, 4) is 0 Å². The summed E-state index contributed by atoms with van der Waals surface area (Å²) in [5.74, 6) is 1.80. The Labute approximate surface area is 97.7 Å². The van der Waals surface area contributed by atoms with Crippen LogP contribution in [0.25, 0.3) is 0 Å². The van der Waals surface area contributed by atoms with E-state index in [0.717, 1.165) is 31.4 Å². The number of likely N-dealkylation sites (tertiary alicyclic amines) is 1. The van der Waals surface area contributed by atoms with E-state index in [-0.39, 0.29) is 0 Å². The summed E-state index contributed by atoms with van der Waals surface area (Å²) in [6.07, 6.45) is 6.38. The van der Waals surface area contributed by atoms with Gasteiger partial charge in [0.25, 0.3) is 0 Å². The fourth-order valence-electron chi connectivity index (χ4n) is 2.33. The highest BCUT2D eigenvalue weighted by Gasteiger charge is 2.19. The Hall–Kier alpha value is -1.03. The van der Waals surface area contributed by atoms with Crippen molar-refractivity contribution < 1.29 is 0 Å². The van der Waals surface area contributed by atoms with Crippen molar-refractivity contribution in [2.45, 2.75) is 26.3 Å². The van der Waals surface area contributed by atoms with Crippen LogP contribution < -0.4 is 5.32 Å². The summed E-state index contributed by atoms with van der Waals surface area (Å²) >= 11 is 0. The van der Waals surface area contributed by atoms with Crippen molar-refractivity contribution in [1.29, 1.82) is 0 Å². The lowest BCUT2D eigenvalue weighted by atomic mass is 10.1. The van der Waals surface area contributed by atoms with Gasteiger partial charge in [0.15, 0.2) is 0 Å². The van der Waals surface area contributed by atoms with E-state index < -0.39 is 0 Å². The van der Waals surface area contributed by atoms with Crippen molar-refractivity contribution in [1.82, 2.24) is 14.5 Å². The Morgan fingerprint density at radius 3 is 3.12 bits per heavy atom. The summed E-state index contributed by atoms with van der Waals surface area (Å²) in [4.78, 5) is 6.75. The summed E-state index contributed by atoms with van der Waals surface area (Å²) in [6.45, 7) is 6.73.